The summed E-state index contributed by atoms with van der Waals surface area (Å²) in [5.74, 6) is 0. The zero-order valence-electron chi connectivity index (χ0n) is 12.6. The van der Waals surface area contributed by atoms with Gasteiger partial charge < -0.3 is 15.0 Å². The number of amides is 1. The van der Waals surface area contributed by atoms with Crippen molar-refractivity contribution in [2.24, 2.45) is 0 Å². The van der Waals surface area contributed by atoms with Crippen LogP contribution in [0.3, 0.4) is 0 Å². The molecule has 2 aliphatic rings. The summed E-state index contributed by atoms with van der Waals surface area (Å²) < 4.78 is 5.51. The summed E-state index contributed by atoms with van der Waals surface area (Å²) in [6.45, 7) is 7.54. The van der Waals surface area contributed by atoms with Crippen LogP contribution in [0.5, 0.6) is 0 Å². The van der Waals surface area contributed by atoms with E-state index in [1.807, 2.05) is 25.7 Å². The number of hydrogen-bond donors (Lipinski definition) is 1. The number of nitrogens with zero attached hydrogens (tertiary/aromatic N) is 1. The molecule has 4 heteroatoms. The van der Waals surface area contributed by atoms with Gasteiger partial charge in [0.1, 0.15) is 5.60 Å². The molecule has 1 N–H and O–H groups in total. The lowest BCUT2D eigenvalue weighted by atomic mass is 9.92. The van der Waals surface area contributed by atoms with Crippen molar-refractivity contribution >= 4 is 6.09 Å². The van der Waals surface area contributed by atoms with Crippen molar-refractivity contribution < 1.29 is 9.53 Å². The smallest absolute Gasteiger partial charge is 0.410 e. The number of ether oxygens (including phenoxy) is 1. The van der Waals surface area contributed by atoms with E-state index < -0.39 is 5.60 Å². The molecule has 4 nitrogen and oxygen atoms in total. The molecule has 1 saturated carbocycles. The van der Waals surface area contributed by atoms with Gasteiger partial charge in [-0.3, -0.25) is 0 Å². The molecule has 0 aromatic carbocycles. The van der Waals surface area contributed by atoms with Crippen molar-refractivity contribution in [2.45, 2.75) is 77.0 Å². The molecule has 1 amide bonds. The molecule has 110 valence electrons. The number of rotatable bonds is 3. The summed E-state index contributed by atoms with van der Waals surface area (Å²) >= 11 is 0. The van der Waals surface area contributed by atoms with Crippen LogP contribution in [0.4, 0.5) is 4.79 Å². The van der Waals surface area contributed by atoms with Crippen LogP contribution in [0.25, 0.3) is 0 Å². The van der Waals surface area contributed by atoms with E-state index in [9.17, 15) is 4.79 Å². The third kappa shape index (κ3) is 4.37. The Morgan fingerprint density at radius 1 is 1.21 bits per heavy atom. The van der Waals surface area contributed by atoms with Gasteiger partial charge in [0.2, 0.25) is 0 Å². The highest BCUT2D eigenvalue weighted by Crippen LogP contribution is 2.22. The van der Waals surface area contributed by atoms with Crippen LogP contribution in [0, 0.1) is 0 Å². The number of piperidine rings is 1. The van der Waals surface area contributed by atoms with Crippen molar-refractivity contribution in [3.8, 4) is 0 Å². The van der Waals surface area contributed by atoms with E-state index in [0.717, 1.165) is 25.9 Å². The van der Waals surface area contributed by atoms with Crippen LogP contribution in [0.15, 0.2) is 0 Å². The van der Waals surface area contributed by atoms with Crippen molar-refractivity contribution in [1.29, 1.82) is 0 Å². The Bertz CT molecular complexity index is 308. The molecule has 19 heavy (non-hydrogen) atoms. The molecule has 0 bridgehead atoms. The number of hydrogen-bond acceptors (Lipinski definition) is 3. The number of carbonyl (C=O) groups is 1. The first-order chi connectivity index (χ1) is 8.96. The highest BCUT2D eigenvalue weighted by Gasteiger charge is 2.31. The van der Waals surface area contributed by atoms with Crippen LogP contribution in [0.2, 0.25) is 0 Å². The van der Waals surface area contributed by atoms with Crippen LogP contribution in [-0.4, -0.2) is 41.8 Å². The van der Waals surface area contributed by atoms with Crippen molar-refractivity contribution in [3.63, 3.8) is 0 Å². The molecule has 2 rings (SSSR count). The Kier molecular flexibility index (Phi) is 4.71. The minimum atomic E-state index is -0.402. The molecule has 1 saturated heterocycles. The first-order valence-corrected chi connectivity index (χ1v) is 7.69. The summed E-state index contributed by atoms with van der Waals surface area (Å²) in [4.78, 5) is 14.2. The molecule has 1 atom stereocenters. The van der Waals surface area contributed by atoms with Gasteiger partial charge in [0.25, 0.3) is 0 Å². The maximum absolute atomic E-state index is 12.2. The van der Waals surface area contributed by atoms with E-state index in [1.165, 1.54) is 25.7 Å². The first kappa shape index (κ1) is 14.6. The lowest BCUT2D eigenvalue weighted by molar-refractivity contribution is 0.00935. The fourth-order valence-corrected chi connectivity index (χ4v) is 2.69. The summed E-state index contributed by atoms with van der Waals surface area (Å²) in [7, 11) is 0. The summed E-state index contributed by atoms with van der Waals surface area (Å²) in [6.07, 6.45) is 7.19. The topological polar surface area (TPSA) is 41.6 Å². The Balaban J connectivity index is 1.85. The minimum Gasteiger partial charge on any atom is -0.444 e. The molecule has 1 aliphatic heterocycles. The number of nitrogens with one attached hydrogen (secondary N) is 1. The van der Waals surface area contributed by atoms with E-state index in [-0.39, 0.29) is 6.09 Å². The van der Waals surface area contributed by atoms with Gasteiger partial charge in [0.15, 0.2) is 0 Å². The zero-order valence-corrected chi connectivity index (χ0v) is 12.6. The minimum absolute atomic E-state index is 0.146. The highest BCUT2D eigenvalue weighted by molar-refractivity contribution is 5.68. The zero-order chi connectivity index (χ0) is 13.9. The third-order valence-electron chi connectivity index (χ3n) is 4.00. The van der Waals surface area contributed by atoms with Crippen LogP contribution < -0.4 is 5.32 Å². The molecule has 0 aromatic heterocycles. The normalized spacial score (nSPS) is 25.0. The third-order valence-corrected chi connectivity index (χ3v) is 4.00. The van der Waals surface area contributed by atoms with Crippen molar-refractivity contribution in [1.82, 2.24) is 10.2 Å². The molecule has 0 spiro atoms. The standard InChI is InChI=1S/C15H28N2O2/c1-15(2,3)19-14(18)17-10-5-4-9-13(17)11-16-12-7-6-8-12/h12-13,16H,4-11H2,1-3H3. The lowest BCUT2D eigenvalue weighted by Gasteiger charge is -2.38. The summed E-state index contributed by atoms with van der Waals surface area (Å²) in [5, 5.41) is 3.59. The molecule has 1 heterocycles. The van der Waals surface area contributed by atoms with Gasteiger partial charge in [0, 0.05) is 25.2 Å². The highest BCUT2D eigenvalue weighted by atomic mass is 16.6. The van der Waals surface area contributed by atoms with Gasteiger partial charge >= 0.3 is 6.09 Å². The molecular formula is C15H28N2O2. The van der Waals surface area contributed by atoms with E-state index in [2.05, 4.69) is 5.32 Å². The number of carbonyl (C=O) groups excluding carboxylic acids is 1. The van der Waals surface area contributed by atoms with Crippen molar-refractivity contribution in [2.75, 3.05) is 13.1 Å². The maximum atomic E-state index is 12.2. The monoisotopic (exact) mass is 268 g/mol. The lowest BCUT2D eigenvalue weighted by Crippen LogP contribution is -2.52. The summed E-state index contributed by atoms with van der Waals surface area (Å²) in [5.41, 5.74) is -0.402. The van der Waals surface area contributed by atoms with Crippen molar-refractivity contribution in [3.05, 3.63) is 0 Å². The summed E-state index contributed by atoms with van der Waals surface area (Å²) in [6, 6.07) is 0.992. The van der Waals surface area contributed by atoms with Gasteiger partial charge in [0.05, 0.1) is 0 Å². The second kappa shape index (κ2) is 6.12. The largest absolute Gasteiger partial charge is 0.444 e. The Labute approximate surface area is 116 Å². The average molecular weight is 268 g/mol. The SMILES string of the molecule is CC(C)(C)OC(=O)N1CCCCC1CNC1CCC1. The predicted molar refractivity (Wildman–Crippen MR) is 76.2 cm³/mol. The quantitative estimate of drug-likeness (QED) is 0.855. The maximum Gasteiger partial charge on any atom is 0.410 e. The van der Waals surface area contributed by atoms with Crippen LogP contribution in [-0.2, 0) is 4.74 Å². The molecular weight excluding hydrogens is 240 g/mol. The Hall–Kier alpha value is -0.770. The molecule has 1 unspecified atom stereocenters. The van der Waals surface area contributed by atoms with Crippen LogP contribution in [0.1, 0.15) is 59.3 Å². The van der Waals surface area contributed by atoms with Gasteiger partial charge in [-0.1, -0.05) is 6.42 Å². The van der Waals surface area contributed by atoms with Gasteiger partial charge in [-0.15, -0.1) is 0 Å². The molecule has 1 aliphatic carbocycles. The number of likely N-dealkylation sites (tertiary alicyclic amines) is 1. The Morgan fingerprint density at radius 2 is 1.95 bits per heavy atom. The van der Waals surface area contributed by atoms with E-state index in [0.29, 0.717) is 12.1 Å². The second-order valence-electron chi connectivity index (χ2n) is 6.86. The van der Waals surface area contributed by atoms with Gasteiger partial charge in [-0.2, -0.15) is 0 Å². The molecule has 0 aromatic rings. The molecule has 2 fully saturated rings. The predicted octanol–water partition coefficient (Wildman–Crippen LogP) is 2.92. The van der Waals surface area contributed by atoms with Crippen LogP contribution >= 0.6 is 0 Å². The van der Waals surface area contributed by atoms with Gasteiger partial charge in [-0.05, 0) is 52.9 Å². The molecule has 0 radical (unpaired) electrons. The first-order valence-electron chi connectivity index (χ1n) is 7.69. The average Bonchev–Trinajstić information content (AvgIpc) is 2.25. The van der Waals surface area contributed by atoms with Gasteiger partial charge in [-0.25, -0.2) is 4.79 Å². The fraction of sp³-hybridized carbons (Fsp3) is 0.933. The van der Waals surface area contributed by atoms with E-state index in [4.69, 9.17) is 4.74 Å². The fourth-order valence-electron chi connectivity index (χ4n) is 2.69. The van der Waals surface area contributed by atoms with E-state index >= 15 is 0 Å². The van der Waals surface area contributed by atoms with E-state index in [1.54, 1.807) is 0 Å². The second-order valence-corrected chi connectivity index (χ2v) is 6.86. The Morgan fingerprint density at radius 3 is 2.53 bits per heavy atom.